The van der Waals surface area contributed by atoms with Gasteiger partial charge in [0.25, 0.3) is 0 Å². The van der Waals surface area contributed by atoms with Crippen LogP contribution in [0, 0.1) is 0 Å². The van der Waals surface area contributed by atoms with Crippen molar-refractivity contribution in [2.75, 3.05) is 11.9 Å². The van der Waals surface area contributed by atoms with Crippen LogP contribution in [0.1, 0.15) is 17.5 Å². The Morgan fingerprint density at radius 2 is 1.26 bits per heavy atom. The zero-order valence-electron chi connectivity index (χ0n) is 12.8. The van der Waals surface area contributed by atoms with E-state index < -0.39 is 7.82 Å². The lowest BCUT2D eigenvalue weighted by atomic mass is 10.2. The van der Waals surface area contributed by atoms with Crippen molar-refractivity contribution in [1.82, 2.24) is 0 Å². The van der Waals surface area contributed by atoms with Crippen LogP contribution in [0.5, 0.6) is 0 Å². The van der Waals surface area contributed by atoms with Crippen LogP contribution in [-0.2, 0) is 31.4 Å². The van der Waals surface area contributed by atoms with E-state index in [4.69, 9.17) is 13.6 Å². The molecule has 0 aliphatic heterocycles. The molecule has 0 saturated heterocycles. The monoisotopic (exact) mass is 398 g/mol. The van der Waals surface area contributed by atoms with Crippen LogP contribution >= 0.6 is 23.8 Å². The minimum Gasteiger partial charge on any atom is -0.287 e. The van der Waals surface area contributed by atoms with Gasteiger partial charge in [0.1, 0.15) is 0 Å². The lowest BCUT2D eigenvalue weighted by Gasteiger charge is -2.18. The number of rotatable bonds is 10. The molecule has 0 aliphatic carbocycles. The SMILES string of the molecule is O=P(OCCCBr)(OCc1ccccc1)OCc1ccccc1. The summed E-state index contributed by atoms with van der Waals surface area (Å²) in [7, 11) is -3.60. The molecule has 0 unspecified atom stereocenters. The maximum Gasteiger partial charge on any atom is 0.475 e. The zero-order chi connectivity index (χ0) is 16.4. The Labute approximate surface area is 145 Å². The first kappa shape index (κ1) is 18.4. The highest BCUT2D eigenvalue weighted by molar-refractivity contribution is 9.09. The van der Waals surface area contributed by atoms with Crippen LogP contribution in [0.2, 0.25) is 0 Å². The van der Waals surface area contributed by atoms with Crippen LogP contribution in [0.3, 0.4) is 0 Å². The molecule has 124 valence electrons. The van der Waals surface area contributed by atoms with Gasteiger partial charge in [-0.1, -0.05) is 76.6 Å². The molecular formula is C17H20BrO4P. The van der Waals surface area contributed by atoms with Gasteiger partial charge >= 0.3 is 7.82 Å². The number of hydrogen-bond acceptors (Lipinski definition) is 4. The molecule has 0 aliphatic rings. The van der Waals surface area contributed by atoms with E-state index in [0.717, 1.165) is 22.9 Å². The van der Waals surface area contributed by atoms with Gasteiger partial charge in [0.05, 0.1) is 19.8 Å². The summed E-state index contributed by atoms with van der Waals surface area (Å²) in [5.41, 5.74) is 1.83. The minimum absolute atomic E-state index is 0.182. The number of phosphoric ester groups is 1. The first-order valence-corrected chi connectivity index (χ1v) is 9.97. The van der Waals surface area contributed by atoms with Crippen molar-refractivity contribution >= 4 is 23.8 Å². The summed E-state index contributed by atoms with van der Waals surface area (Å²) in [6, 6.07) is 19.1. The molecule has 2 aromatic rings. The molecule has 0 fully saturated rings. The lowest BCUT2D eigenvalue weighted by molar-refractivity contribution is 0.103. The highest BCUT2D eigenvalue weighted by atomic mass is 79.9. The van der Waals surface area contributed by atoms with Crippen molar-refractivity contribution in [3.63, 3.8) is 0 Å². The van der Waals surface area contributed by atoms with Crippen LogP contribution in [0.25, 0.3) is 0 Å². The van der Waals surface area contributed by atoms with Crippen molar-refractivity contribution in [1.29, 1.82) is 0 Å². The van der Waals surface area contributed by atoms with Crippen molar-refractivity contribution in [3.05, 3.63) is 71.8 Å². The standard InChI is InChI=1S/C17H20BrO4P/c18-12-7-13-20-23(19,21-14-16-8-3-1-4-9-16)22-15-17-10-5-2-6-11-17/h1-6,8-11H,7,12-15H2. The fourth-order valence-corrected chi connectivity index (χ4v) is 3.22. The Kier molecular flexibility index (Phi) is 8.00. The third-order valence-electron chi connectivity index (χ3n) is 2.99. The fraction of sp³-hybridized carbons (Fsp3) is 0.294. The Balaban J connectivity index is 1.94. The highest BCUT2D eigenvalue weighted by Crippen LogP contribution is 2.51. The molecule has 0 spiro atoms. The van der Waals surface area contributed by atoms with Crippen molar-refractivity contribution in [2.45, 2.75) is 19.6 Å². The molecule has 0 aromatic heterocycles. The molecule has 4 nitrogen and oxygen atoms in total. The van der Waals surface area contributed by atoms with Crippen molar-refractivity contribution in [3.8, 4) is 0 Å². The second kappa shape index (κ2) is 10.0. The molecule has 0 heterocycles. The van der Waals surface area contributed by atoms with E-state index >= 15 is 0 Å². The van der Waals surface area contributed by atoms with Crippen LogP contribution < -0.4 is 0 Å². The Hall–Kier alpha value is -0.970. The quantitative estimate of drug-likeness (QED) is 0.308. The van der Waals surface area contributed by atoms with Gasteiger partial charge in [0.15, 0.2) is 0 Å². The van der Waals surface area contributed by atoms with Gasteiger partial charge in [0, 0.05) is 5.33 Å². The maximum absolute atomic E-state index is 12.8. The zero-order valence-corrected chi connectivity index (χ0v) is 15.2. The van der Waals surface area contributed by atoms with E-state index in [1.165, 1.54) is 0 Å². The molecule has 0 atom stereocenters. The number of benzene rings is 2. The Bertz CT molecular complexity index is 559. The molecule has 23 heavy (non-hydrogen) atoms. The topological polar surface area (TPSA) is 44.8 Å². The van der Waals surface area contributed by atoms with Crippen molar-refractivity contribution in [2.24, 2.45) is 0 Å². The summed E-state index contributed by atoms with van der Waals surface area (Å²) >= 11 is 3.32. The van der Waals surface area contributed by atoms with Gasteiger partial charge < -0.3 is 0 Å². The largest absolute Gasteiger partial charge is 0.475 e. The van der Waals surface area contributed by atoms with Crippen molar-refractivity contribution < 1.29 is 18.1 Å². The summed E-state index contributed by atoms with van der Waals surface area (Å²) in [4.78, 5) is 0. The van der Waals surface area contributed by atoms with Crippen LogP contribution in [0.15, 0.2) is 60.7 Å². The summed E-state index contributed by atoms with van der Waals surface area (Å²) in [5, 5.41) is 0.768. The minimum atomic E-state index is -3.60. The highest BCUT2D eigenvalue weighted by Gasteiger charge is 2.26. The number of alkyl halides is 1. The van der Waals surface area contributed by atoms with Gasteiger partial charge in [0.2, 0.25) is 0 Å². The van der Waals surface area contributed by atoms with Crippen LogP contribution in [0.4, 0.5) is 0 Å². The maximum atomic E-state index is 12.8. The average Bonchev–Trinajstić information content (AvgIpc) is 2.61. The third kappa shape index (κ3) is 6.98. The molecule has 0 radical (unpaired) electrons. The van der Waals surface area contributed by atoms with E-state index in [-0.39, 0.29) is 13.2 Å². The summed E-state index contributed by atoms with van der Waals surface area (Å²) in [6.07, 6.45) is 0.730. The molecule has 0 saturated carbocycles. The average molecular weight is 399 g/mol. The smallest absolute Gasteiger partial charge is 0.287 e. The Morgan fingerprint density at radius 3 is 1.70 bits per heavy atom. The Morgan fingerprint density at radius 1 is 0.783 bits per heavy atom. The number of halogens is 1. The third-order valence-corrected chi connectivity index (χ3v) is 4.94. The van der Waals surface area contributed by atoms with Gasteiger partial charge in [-0.05, 0) is 17.5 Å². The van der Waals surface area contributed by atoms with E-state index in [2.05, 4.69) is 15.9 Å². The van der Waals surface area contributed by atoms with E-state index in [9.17, 15) is 4.57 Å². The normalized spacial score (nSPS) is 11.5. The lowest BCUT2D eigenvalue weighted by Crippen LogP contribution is -2.03. The molecular weight excluding hydrogens is 379 g/mol. The molecule has 0 amide bonds. The molecule has 2 rings (SSSR count). The first-order chi connectivity index (χ1) is 11.2. The molecule has 0 bridgehead atoms. The predicted octanol–water partition coefficient (Wildman–Crippen LogP) is 5.33. The van der Waals surface area contributed by atoms with E-state index in [0.29, 0.717) is 6.61 Å². The van der Waals surface area contributed by atoms with Crippen LogP contribution in [-0.4, -0.2) is 11.9 Å². The predicted molar refractivity (Wildman–Crippen MR) is 94.4 cm³/mol. The van der Waals surface area contributed by atoms with Gasteiger partial charge in [-0.15, -0.1) is 0 Å². The van der Waals surface area contributed by atoms with Gasteiger partial charge in [-0.3, -0.25) is 13.6 Å². The summed E-state index contributed by atoms with van der Waals surface area (Å²) in [6.45, 7) is 0.675. The molecule has 0 N–H and O–H groups in total. The fourth-order valence-electron chi connectivity index (χ4n) is 1.80. The van der Waals surface area contributed by atoms with Gasteiger partial charge in [-0.2, -0.15) is 0 Å². The number of phosphoric acid groups is 1. The molecule has 2 aromatic carbocycles. The van der Waals surface area contributed by atoms with E-state index in [1.54, 1.807) is 0 Å². The summed E-state index contributed by atoms with van der Waals surface area (Å²) < 4.78 is 29.1. The molecule has 6 heteroatoms. The van der Waals surface area contributed by atoms with Gasteiger partial charge in [-0.25, -0.2) is 4.57 Å². The summed E-state index contributed by atoms with van der Waals surface area (Å²) in [5.74, 6) is 0. The number of hydrogen-bond donors (Lipinski definition) is 0. The first-order valence-electron chi connectivity index (χ1n) is 7.39. The van der Waals surface area contributed by atoms with E-state index in [1.807, 2.05) is 60.7 Å². The second-order valence-electron chi connectivity index (χ2n) is 4.84. The second-order valence-corrected chi connectivity index (χ2v) is 7.30.